The number of aliphatic carboxylic acids is 1. The van der Waals surface area contributed by atoms with Crippen molar-refractivity contribution in [3.05, 3.63) is 29.3 Å². The molecule has 0 heterocycles. The monoisotopic (exact) mass is 294 g/mol. The number of carboxylic acid groups (broad SMARTS) is 1. The minimum absolute atomic E-state index is 0.0874. The van der Waals surface area contributed by atoms with Crippen LogP contribution in [0.15, 0.2) is 18.2 Å². The maximum Gasteiger partial charge on any atom is 0.305 e. The SMILES string of the molecule is CCc1cccc(C)c1NC(=S)N(CC)CCC(=O)O. The van der Waals surface area contributed by atoms with Crippen LogP contribution in [-0.4, -0.2) is 34.2 Å². The van der Waals surface area contributed by atoms with E-state index < -0.39 is 5.97 Å². The van der Waals surface area contributed by atoms with Gasteiger partial charge in [-0.3, -0.25) is 4.79 Å². The molecule has 5 heteroatoms. The maximum atomic E-state index is 10.7. The van der Waals surface area contributed by atoms with E-state index in [1.165, 1.54) is 5.56 Å². The minimum atomic E-state index is -0.809. The van der Waals surface area contributed by atoms with Crippen LogP contribution in [0, 0.1) is 6.92 Å². The Kier molecular flexibility index (Phi) is 6.45. The van der Waals surface area contributed by atoms with Gasteiger partial charge in [-0.1, -0.05) is 25.1 Å². The lowest BCUT2D eigenvalue weighted by molar-refractivity contribution is -0.137. The highest BCUT2D eigenvalue weighted by atomic mass is 32.1. The molecule has 0 amide bonds. The van der Waals surface area contributed by atoms with E-state index in [0.29, 0.717) is 18.2 Å². The molecule has 0 atom stereocenters. The summed E-state index contributed by atoms with van der Waals surface area (Å²) in [6, 6.07) is 6.15. The van der Waals surface area contributed by atoms with Crippen molar-refractivity contribution in [1.82, 2.24) is 4.90 Å². The third-order valence-corrected chi connectivity index (χ3v) is 3.60. The molecule has 2 N–H and O–H groups in total. The normalized spacial score (nSPS) is 10.2. The minimum Gasteiger partial charge on any atom is -0.481 e. The molecule has 1 aromatic carbocycles. The number of hydrogen-bond donors (Lipinski definition) is 2. The van der Waals surface area contributed by atoms with Gasteiger partial charge >= 0.3 is 5.97 Å². The Morgan fingerprint density at radius 2 is 2.10 bits per heavy atom. The van der Waals surface area contributed by atoms with Crippen LogP contribution in [0.1, 0.15) is 31.4 Å². The van der Waals surface area contributed by atoms with Crippen LogP contribution < -0.4 is 5.32 Å². The predicted octanol–water partition coefficient (Wildman–Crippen LogP) is 3.05. The summed E-state index contributed by atoms with van der Waals surface area (Å²) >= 11 is 5.40. The van der Waals surface area contributed by atoms with Crippen molar-refractivity contribution >= 4 is 29.0 Å². The van der Waals surface area contributed by atoms with E-state index in [1.54, 1.807) is 0 Å². The van der Waals surface area contributed by atoms with Gasteiger partial charge < -0.3 is 15.3 Å². The number of carbonyl (C=O) groups is 1. The zero-order chi connectivity index (χ0) is 15.1. The molecule has 0 saturated carbocycles. The van der Waals surface area contributed by atoms with Crippen molar-refractivity contribution in [1.29, 1.82) is 0 Å². The molecule has 110 valence electrons. The Morgan fingerprint density at radius 1 is 1.40 bits per heavy atom. The van der Waals surface area contributed by atoms with Gasteiger partial charge in [-0.05, 0) is 43.6 Å². The van der Waals surface area contributed by atoms with Crippen LogP contribution in [0.4, 0.5) is 5.69 Å². The van der Waals surface area contributed by atoms with Crippen molar-refractivity contribution in [2.75, 3.05) is 18.4 Å². The smallest absolute Gasteiger partial charge is 0.305 e. The van der Waals surface area contributed by atoms with Crippen LogP contribution in [0.5, 0.6) is 0 Å². The molecule has 0 saturated heterocycles. The van der Waals surface area contributed by atoms with Crippen LogP contribution in [0.3, 0.4) is 0 Å². The number of anilines is 1. The Labute approximate surface area is 125 Å². The van der Waals surface area contributed by atoms with E-state index in [4.69, 9.17) is 17.3 Å². The lowest BCUT2D eigenvalue weighted by Gasteiger charge is -2.25. The Bertz CT molecular complexity index is 489. The summed E-state index contributed by atoms with van der Waals surface area (Å²) in [4.78, 5) is 12.5. The summed E-state index contributed by atoms with van der Waals surface area (Å²) in [6.07, 6.45) is 1.01. The Hall–Kier alpha value is -1.62. The standard InChI is InChI=1S/C15H22N2O2S/c1-4-12-8-6-7-11(3)14(12)16-15(20)17(5-2)10-9-13(18)19/h6-8H,4-5,9-10H2,1-3H3,(H,16,20)(H,18,19). The fourth-order valence-electron chi connectivity index (χ4n) is 2.02. The second-order valence-electron chi connectivity index (χ2n) is 4.62. The van der Waals surface area contributed by atoms with Gasteiger partial charge in [0.05, 0.1) is 6.42 Å². The second-order valence-corrected chi connectivity index (χ2v) is 5.00. The van der Waals surface area contributed by atoms with Crippen LogP contribution in [0.25, 0.3) is 0 Å². The van der Waals surface area contributed by atoms with Gasteiger partial charge in [-0.2, -0.15) is 0 Å². The lowest BCUT2D eigenvalue weighted by Crippen LogP contribution is -2.36. The molecule has 0 spiro atoms. The second kappa shape index (κ2) is 7.85. The van der Waals surface area contributed by atoms with Crippen LogP contribution in [-0.2, 0) is 11.2 Å². The average molecular weight is 294 g/mol. The van der Waals surface area contributed by atoms with Crippen molar-refractivity contribution in [2.45, 2.75) is 33.6 Å². The molecular formula is C15H22N2O2S. The van der Waals surface area contributed by atoms with Gasteiger partial charge in [0.15, 0.2) is 5.11 Å². The van der Waals surface area contributed by atoms with Crippen molar-refractivity contribution in [3.8, 4) is 0 Å². The largest absolute Gasteiger partial charge is 0.481 e. The highest BCUT2D eigenvalue weighted by Crippen LogP contribution is 2.21. The first kappa shape index (κ1) is 16.4. The molecule has 0 aliphatic rings. The summed E-state index contributed by atoms with van der Waals surface area (Å²) in [5.74, 6) is -0.809. The first-order valence-corrected chi connectivity index (χ1v) is 7.26. The van der Waals surface area contributed by atoms with Crippen LogP contribution >= 0.6 is 12.2 Å². The molecule has 0 aliphatic carbocycles. The number of aryl methyl sites for hydroxylation is 2. The average Bonchev–Trinajstić information content (AvgIpc) is 2.41. The predicted molar refractivity (Wildman–Crippen MR) is 86.3 cm³/mol. The number of nitrogens with one attached hydrogen (secondary N) is 1. The maximum absolute atomic E-state index is 10.7. The lowest BCUT2D eigenvalue weighted by atomic mass is 10.1. The first-order valence-electron chi connectivity index (χ1n) is 6.85. The molecule has 0 aliphatic heterocycles. The molecule has 4 nitrogen and oxygen atoms in total. The fraction of sp³-hybridized carbons (Fsp3) is 0.467. The Balaban J connectivity index is 2.80. The number of carboxylic acids is 1. The third kappa shape index (κ3) is 4.49. The van der Waals surface area contributed by atoms with Gasteiger partial charge in [0.1, 0.15) is 0 Å². The van der Waals surface area contributed by atoms with E-state index in [9.17, 15) is 4.79 Å². The van der Waals surface area contributed by atoms with Crippen molar-refractivity contribution in [2.24, 2.45) is 0 Å². The summed E-state index contributed by atoms with van der Waals surface area (Å²) in [5, 5.41) is 12.6. The fourth-order valence-corrected chi connectivity index (χ4v) is 2.34. The van der Waals surface area contributed by atoms with Gasteiger partial charge in [0, 0.05) is 18.8 Å². The molecule has 0 unspecified atom stereocenters. The van der Waals surface area contributed by atoms with Crippen molar-refractivity contribution in [3.63, 3.8) is 0 Å². The summed E-state index contributed by atoms with van der Waals surface area (Å²) in [6.45, 7) is 7.22. The molecular weight excluding hydrogens is 272 g/mol. The molecule has 1 rings (SSSR count). The number of thiocarbonyl (C=S) groups is 1. The topological polar surface area (TPSA) is 52.6 Å². The first-order chi connectivity index (χ1) is 9.49. The van der Waals surface area contributed by atoms with Crippen LogP contribution in [0.2, 0.25) is 0 Å². The number of hydrogen-bond acceptors (Lipinski definition) is 2. The molecule has 0 fully saturated rings. The van der Waals surface area contributed by atoms with Gasteiger partial charge in [-0.25, -0.2) is 0 Å². The van der Waals surface area contributed by atoms with E-state index in [0.717, 1.165) is 17.7 Å². The van der Waals surface area contributed by atoms with Crippen molar-refractivity contribution < 1.29 is 9.90 Å². The zero-order valence-electron chi connectivity index (χ0n) is 12.3. The number of nitrogens with zero attached hydrogens (tertiary/aromatic N) is 1. The molecule has 20 heavy (non-hydrogen) atoms. The summed E-state index contributed by atoms with van der Waals surface area (Å²) in [5.41, 5.74) is 3.39. The van der Waals surface area contributed by atoms with Gasteiger partial charge in [0.2, 0.25) is 0 Å². The van der Waals surface area contributed by atoms with E-state index in [2.05, 4.69) is 18.3 Å². The third-order valence-electron chi connectivity index (χ3n) is 3.24. The molecule has 0 aromatic heterocycles. The summed E-state index contributed by atoms with van der Waals surface area (Å²) < 4.78 is 0. The zero-order valence-corrected chi connectivity index (χ0v) is 13.1. The highest BCUT2D eigenvalue weighted by molar-refractivity contribution is 7.80. The number of para-hydroxylation sites is 1. The Morgan fingerprint density at radius 3 is 2.65 bits per heavy atom. The number of benzene rings is 1. The number of rotatable bonds is 6. The molecule has 0 radical (unpaired) electrons. The van der Waals surface area contributed by atoms with E-state index in [1.807, 2.05) is 30.9 Å². The summed E-state index contributed by atoms with van der Waals surface area (Å²) in [7, 11) is 0. The quantitative estimate of drug-likeness (QED) is 0.790. The molecule has 0 bridgehead atoms. The highest BCUT2D eigenvalue weighted by Gasteiger charge is 2.12. The van der Waals surface area contributed by atoms with E-state index in [-0.39, 0.29) is 6.42 Å². The molecule has 1 aromatic rings. The van der Waals surface area contributed by atoms with E-state index >= 15 is 0 Å². The van der Waals surface area contributed by atoms with Gasteiger partial charge in [-0.15, -0.1) is 0 Å². The van der Waals surface area contributed by atoms with Gasteiger partial charge in [0.25, 0.3) is 0 Å².